The number of hydrogen-bond donors (Lipinski definition) is 1. The van der Waals surface area contributed by atoms with E-state index in [0.717, 1.165) is 16.6 Å². The maximum atomic E-state index is 12.4. The third-order valence-electron chi connectivity index (χ3n) is 3.69. The Hall–Kier alpha value is -3.20. The summed E-state index contributed by atoms with van der Waals surface area (Å²) in [5.74, 6) is -0.863. The number of amides is 1. The summed E-state index contributed by atoms with van der Waals surface area (Å²) in [6, 6.07) is 13.2. The fourth-order valence-corrected chi connectivity index (χ4v) is 2.45. The number of hydrogen-bond acceptors (Lipinski definition) is 4. The molecular formula is C17H15N5O. The maximum Gasteiger partial charge on any atom is 0.245 e. The second-order valence-electron chi connectivity index (χ2n) is 5.15. The van der Waals surface area contributed by atoms with Crippen LogP contribution in [0.4, 0.5) is 0 Å². The average molecular weight is 305 g/mol. The van der Waals surface area contributed by atoms with Crippen LogP contribution in [-0.4, -0.2) is 20.4 Å². The smallest absolute Gasteiger partial charge is 0.245 e. The number of carbonyl (C=O) groups excluding carboxylic acids is 1. The van der Waals surface area contributed by atoms with Crippen molar-refractivity contribution < 1.29 is 4.79 Å². The molecule has 0 fully saturated rings. The molecule has 0 aliphatic carbocycles. The van der Waals surface area contributed by atoms with Crippen molar-refractivity contribution >= 4 is 16.9 Å². The number of imidazole rings is 1. The molecule has 3 rings (SSSR count). The molecule has 3 aromatic rings. The Morgan fingerprint density at radius 2 is 2.04 bits per heavy atom. The molecule has 114 valence electrons. The highest BCUT2D eigenvalue weighted by Gasteiger charge is 2.25. The van der Waals surface area contributed by atoms with E-state index in [1.54, 1.807) is 17.0 Å². The quantitative estimate of drug-likeness (QED) is 0.798. The van der Waals surface area contributed by atoms with E-state index in [1.807, 2.05) is 49.5 Å². The molecular weight excluding hydrogens is 290 g/mol. The molecule has 2 aromatic heterocycles. The van der Waals surface area contributed by atoms with Gasteiger partial charge in [0.2, 0.25) is 5.91 Å². The van der Waals surface area contributed by atoms with Crippen molar-refractivity contribution in [3.05, 3.63) is 60.2 Å². The van der Waals surface area contributed by atoms with Crippen molar-refractivity contribution in [3.8, 4) is 6.07 Å². The van der Waals surface area contributed by atoms with Crippen LogP contribution in [0.5, 0.6) is 0 Å². The Bertz CT molecular complexity index is 879. The number of pyridine rings is 1. The zero-order valence-electron chi connectivity index (χ0n) is 12.6. The van der Waals surface area contributed by atoms with E-state index >= 15 is 0 Å². The highest BCUT2D eigenvalue weighted by atomic mass is 16.1. The molecule has 0 saturated carbocycles. The van der Waals surface area contributed by atoms with Crippen molar-refractivity contribution in [2.45, 2.75) is 12.5 Å². The molecule has 1 N–H and O–H groups in total. The molecule has 1 unspecified atom stereocenters. The SMILES string of the molecule is Cn1c(C(C#N)C(=O)NCc2ccncc2)nc2ccccc21. The molecule has 1 aromatic carbocycles. The van der Waals surface area contributed by atoms with Crippen molar-refractivity contribution in [2.24, 2.45) is 7.05 Å². The standard InChI is InChI=1S/C17H15N5O/c1-22-15-5-3-2-4-14(15)21-16(22)13(10-18)17(23)20-11-12-6-8-19-9-7-12/h2-9,13H,11H2,1H3,(H,20,23). The maximum absolute atomic E-state index is 12.4. The van der Waals surface area contributed by atoms with Crippen LogP contribution in [0.2, 0.25) is 0 Å². The van der Waals surface area contributed by atoms with Gasteiger partial charge in [0.05, 0.1) is 17.1 Å². The molecule has 0 radical (unpaired) electrons. The van der Waals surface area contributed by atoms with Gasteiger partial charge in [-0.25, -0.2) is 4.98 Å². The fraction of sp³-hybridized carbons (Fsp3) is 0.176. The third kappa shape index (κ3) is 2.90. The predicted molar refractivity (Wildman–Crippen MR) is 85.2 cm³/mol. The van der Waals surface area contributed by atoms with Gasteiger partial charge in [-0.1, -0.05) is 12.1 Å². The van der Waals surface area contributed by atoms with Crippen LogP contribution >= 0.6 is 0 Å². The van der Waals surface area contributed by atoms with E-state index in [4.69, 9.17) is 0 Å². The fourth-order valence-electron chi connectivity index (χ4n) is 2.45. The normalized spacial score (nSPS) is 11.8. The number of carbonyl (C=O) groups is 1. The van der Waals surface area contributed by atoms with Crippen LogP contribution in [0.15, 0.2) is 48.8 Å². The Kier molecular flexibility index (Phi) is 4.02. The highest BCUT2D eigenvalue weighted by Crippen LogP contribution is 2.20. The van der Waals surface area contributed by atoms with Crippen LogP contribution in [0, 0.1) is 11.3 Å². The van der Waals surface area contributed by atoms with Crippen LogP contribution in [-0.2, 0) is 18.4 Å². The van der Waals surface area contributed by atoms with Gasteiger partial charge in [0.25, 0.3) is 0 Å². The summed E-state index contributed by atoms with van der Waals surface area (Å²) in [4.78, 5) is 20.7. The summed E-state index contributed by atoms with van der Waals surface area (Å²) >= 11 is 0. The van der Waals surface area contributed by atoms with Gasteiger partial charge >= 0.3 is 0 Å². The number of nitriles is 1. The van der Waals surface area contributed by atoms with Crippen molar-refractivity contribution in [2.75, 3.05) is 0 Å². The topological polar surface area (TPSA) is 83.6 Å². The molecule has 1 atom stereocenters. The van der Waals surface area contributed by atoms with Gasteiger partial charge < -0.3 is 9.88 Å². The first-order valence-electron chi connectivity index (χ1n) is 7.18. The van der Waals surface area contributed by atoms with Gasteiger partial charge in [0.15, 0.2) is 5.92 Å². The lowest BCUT2D eigenvalue weighted by molar-refractivity contribution is -0.121. The van der Waals surface area contributed by atoms with Crippen LogP contribution in [0.25, 0.3) is 11.0 Å². The van der Waals surface area contributed by atoms with Crippen molar-refractivity contribution in [3.63, 3.8) is 0 Å². The van der Waals surface area contributed by atoms with Gasteiger partial charge in [0, 0.05) is 26.0 Å². The summed E-state index contributed by atoms with van der Waals surface area (Å²) < 4.78 is 1.79. The van der Waals surface area contributed by atoms with Crippen LogP contribution in [0.1, 0.15) is 17.3 Å². The molecule has 0 aliphatic heterocycles. The molecule has 2 heterocycles. The Labute approximate surface area is 133 Å². The van der Waals surface area contributed by atoms with Crippen molar-refractivity contribution in [1.82, 2.24) is 19.9 Å². The first-order valence-corrected chi connectivity index (χ1v) is 7.18. The number of nitrogens with zero attached hydrogens (tertiary/aromatic N) is 4. The van der Waals surface area contributed by atoms with Crippen molar-refractivity contribution in [1.29, 1.82) is 5.26 Å². The monoisotopic (exact) mass is 305 g/mol. The summed E-state index contributed by atoms with van der Waals surface area (Å²) in [5.41, 5.74) is 2.59. The largest absolute Gasteiger partial charge is 0.350 e. The lowest BCUT2D eigenvalue weighted by Gasteiger charge is -2.10. The van der Waals surface area contributed by atoms with Gasteiger partial charge in [-0.15, -0.1) is 0 Å². The number of rotatable bonds is 4. The molecule has 6 heteroatoms. The van der Waals surface area contributed by atoms with E-state index in [0.29, 0.717) is 12.4 Å². The van der Waals surface area contributed by atoms with Gasteiger partial charge in [-0.2, -0.15) is 5.26 Å². The Balaban J connectivity index is 1.82. The molecule has 0 aliphatic rings. The lowest BCUT2D eigenvalue weighted by atomic mass is 10.1. The summed E-state index contributed by atoms with van der Waals surface area (Å²) in [5, 5.41) is 12.2. The van der Waals surface area contributed by atoms with E-state index in [1.165, 1.54) is 0 Å². The Morgan fingerprint density at radius 1 is 1.30 bits per heavy atom. The summed E-state index contributed by atoms with van der Waals surface area (Å²) in [6.45, 7) is 0.351. The minimum Gasteiger partial charge on any atom is -0.350 e. The first-order chi connectivity index (χ1) is 11.2. The number of aromatic nitrogens is 3. The molecule has 6 nitrogen and oxygen atoms in total. The number of benzene rings is 1. The van der Waals surface area contributed by atoms with Gasteiger partial charge in [-0.05, 0) is 29.8 Å². The third-order valence-corrected chi connectivity index (χ3v) is 3.69. The van der Waals surface area contributed by atoms with Gasteiger partial charge in [0.1, 0.15) is 5.82 Å². The molecule has 0 saturated heterocycles. The molecule has 0 spiro atoms. The predicted octanol–water partition coefficient (Wildman–Crippen LogP) is 1.89. The summed E-state index contributed by atoms with van der Waals surface area (Å²) in [7, 11) is 1.81. The minimum absolute atomic E-state index is 0.351. The zero-order valence-corrected chi connectivity index (χ0v) is 12.6. The Morgan fingerprint density at radius 3 is 2.74 bits per heavy atom. The van der Waals surface area contributed by atoms with Crippen LogP contribution < -0.4 is 5.32 Å². The second-order valence-corrected chi connectivity index (χ2v) is 5.15. The van der Waals surface area contributed by atoms with Gasteiger partial charge in [-0.3, -0.25) is 9.78 Å². The van der Waals surface area contributed by atoms with E-state index in [2.05, 4.69) is 15.3 Å². The first kappa shape index (κ1) is 14.7. The van der Waals surface area contributed by atoms with E-state index in [-0.39, 0.29) is 5.91 Å². The highest BCUT2D eigenvalue weighted by molar-refractivity contribution is 5.87. The lowest BCUT2D eigenvalue weighted by Crippen LogP contribution is -2.29. The minimum atomic E-state index is -0.950. The van der Waals surface area contributed by atoms with Crippen LogP contribution in [0.3, 0.4) is 0 Å². The molecule has 23 heavy (non-hydrogen) atoms. The number of aryl methyl sites for hydroxylation is 1. The number of fused-ring (bicyclic) bond motifs is 1. The summed E-state index contributed by atoms with van der Waals surface area (Å²) in [6.07, 6.45) is 3.32. The molecule has 0 bridgehead atoms. The number of para-hydroxylation sites is 2. The van der Waals surface area contributed by atoms with E-state index < -0.39 is 5.92 Å². The molecule has 1 amide bonds. The average Bonchev–Trinajstić information content (AvgIpc) is 2.92. The number of nitrogens with one attached hydrogen (secondary N) is 1. The zero-order chi connectivity index (χ0) is 16.2. The second kappa shape index (κ2) is 6.28. The van der Waals surface area contributed by atoms with E-state index in [9.17, 15) is 10.1 Å².